The van der Waals surface area contributed by atoms with Crippen molar-refractivity contribution in [2.75, 3.05) is 0 Å². The molecule has 0 amide bonds. The minimum absolute atomic E-state index is 0.957. The van der Waals surface area contributed by atoms with Crippen molar-refractivity contribution < 1.29 is 0 Å². The van der Waals surface area contributed by atoms with Crippen LogP contribution in [0.4, 0.5) is 0 Å². The van der Waals surface area contributed by atoms with Crippen LogP contribution in [0.2, 0.25) is 0 Å². The standard InChI is InChI=1S/2C10H9N.4C9H8N2.12C2H6/c1-8-2-3-10-7-11-5-4-9(10)6-8;1-8-4-5-10-9(7-8)3-2-6-11-10;1-7-2-3-9-8(4-7)5-10-6-11-9;1-7-2-3-8-5-10-6-11-9(8)4-7;1-7-2-3-8-5-10-11-6-9(8)4-7;1-7-2-3-9-8(6-7)4-5-10-11-9;12*1-2/h2*2-7H,1H3;4*2-6H,1H3;12*1-2H3. The number of hydrogen-bond donors (Lipinski definition) is 0. The maximum atomic E-state index is 4.22. The number of benzene rings is 6. The fourth-order valence-electron chi connectivity index (χ4n) is 6.81. The summed E-state index contributed by atoms with van der Waals surface area (Å²) in [5.74, 6) is 0. The molecule has 10 nitrogen and oxygen atoms in total. The molecule has 6 aromatic heterocycles. The molecule has 12 aromatic rings. The Labute approximate surface area is 549 Å². The lowest BCUT2D eigenvalue weighted by Crippen LogP contribution is -1.81. The first-order chi connectivity index (χ1) is 44.2. The maximum Gasteiger partial charge on any atom is 0.116 e. The number of fused-ring (bicyclic) bond motifs is 6. The van der Waals surface area contributed by atoms with Crippen LogP contribution in [0.25, 0.3) is 65.2 Å². The first-order valence-electron chi connectivity index (χ1n) is 33.5. The molecule has 0 aliphatic carbocycles. The molecule has 0 bridgehead atoms. The smallest absolute Gasteiger partial charge is 0.116 e. The molecule has 0 N–H and O–H groups in total. The highest BCUT2D eigenvalue weighted by Crippen LogP contribution is 2.16. The Balaban J connectivity index is -0.000000220. The third kappa shape index (κ3) is 39.4. The van der Waals surface area contributed by atoms with E-state index >= 15 is 0 Å². The fraction of sp³-hybridized carbons (Fsp3) is 0.375. The van der Waals surface area contributed by atoms with E-state index in [2.05, 4.69) is 177 Å². The van der Waals surface area contributed by atoms with E-state index in [4.69, 9.17) is 0 Å². The molecule has 492 valence electrons. The average Bonchev–Trinajstić information content (AvgIpc) is 3.84. The molecule has 0 radical (unpaired) electrons. The zero-order valence-corrected chi connectivity index (χ0v) is 61.9. The summed E-state index contributed by atoms with van der Waals surface area (Å²) in [7, 11) is 0. The van der Waals surface area contributed by atoms with E-state index in [1.165, 1.54) is 49.5 Å². The van der Waals surface area contributed by atoms with Crippen LogP contribution in [-0.2, 0) is 0 Å². The Kier molecular flexibility index (Phi) is 68.4. The van der Waals surface area contributed by atoms with Gasteiger partial charge in [-0.3, -0.25) is 9.97 Å². The minimum Gasteiger partial charge on any atom is -0.264 e. The van der Waals surface area contributed by atoms with Gasteiger partial charge < -0.3 is 0 Å². The third-order valence-corrected chi connectivity index (χ3v) is 10.2. The van der Waals surface area contributed by atoms with Crippen LogP contribution in [0.15, 0.2) is 196 Å². The van der Waals surface area contributed by atoms with E-state index in [0.29, 0.717) is 0 Å². The predicted octanol–water partition coefficient (Wildman–Crippen LogP) is 25.2. The SMILES string of the molecule is CC.CC.CC.CC.CC.CC.CC.CC.CC.CC.CC.CC.Cc1ccc2cnccc2c1.Cc1ccc2cncnc2c1.Cc1ccc2cnncc2c1.Cc1ccc2ncccc2c1.Cc1ccc2ncncc2c1.Cc1ccc2nnccc2c1. The maximum absolute atomic E-state index is 4.22. The summed E-state index contributed by atoms with van der Waals surface area (Å²) in [5.41, 5.74) is 11.6. The van der Waals surface area contributed by atoms with Crippen molar-refractivity contribution in [3.8, 4) is 0 Å². The molecule has 0 fully saturated rings. The van der Waals surface area contributed by atoms with Crippen molar-refractivity contribution in [3.63, 3.8) is 0 Å². The van der Waals surface area contributed by atoms with Crippen LogP contribution < -0.4 is 0 Å². The molecule has 90 heavy (non-hydrogen) atoms. The van der Waals surface area contributed by atoms with E-state index in [0.717, 1.165) is 49.0 Å². The van der Waals surface area contributed by atoms with E-state index in [1.54, 1.807) is 31.2 Å². The summed E-state index contributed by atoms with van der Waals surface area (Å²) in [5, 5.41) is 24.7. The van der Waals surface area contributed by atoms with Crippen molar-refractivity contribution in [1.29, 1.82) is 0 Å². The Bertz CT molecular complexity index is 2890. The van der Waals surface area contributed by atoms with Gasteiger partial charge in [-0.15, -0.1) is 0 Å². The Morgan fingerprint density at radius 3 is 1.07 bits per heavy atom. The highest BCUT2D eigenvalue weighted by Gasteiger charge is 1.96. The molecule has 0 aliphatic heterocycles. The number of hydrogen-bond acceptors (Lipinski definition) is 10. The number of nitrogens with zero attached hydrogens (tertiary/aromatic N) is 10. The van der Waals surface area contributed by atoms with E-state index in [9.17, 15) is 0 Å². The summed E-state index contributed by atoms with van der Waals surface area (Å²) in [6.45, 7) is 60.4. The van der Waals surface area contributed by atoms with Gasteiger partial charge in [-0.25, -0.2) is 19.9 Å². The molecule has 0 saturated heterocycles. The summed E-state index contributed by atoms with van der Waals surface area (Å²) < 4.78 is 0. The van der Waals surface area contributed by atoms with Crippen molar-refractivity contribution in [1.82, 2.24) is 50.3 Å². The van der Waals surface area contributed by atoms with Gasteiger partial charge in [0.2, 0.25) is 0 Å². The van der Waals surface area contributed by atoms with Gasteiger partial charge in [0.25, 0.3) is 0 Å². The number of aromatic nitrogens is 10. The van der Waals surface area contributed by atoms with Gasteiger partial charge in [0.05, 0.1) is 40.7 Å². The monoisotopic (exact) mass is 1220 g/mol. The third-order valence-electron chi connectivity index (χ3n) is 10.2. The zero-order valence-electron chi connectivity index (χ0n) is 61.9. The zero-order chi connectivity index (χ0) is 70.1. The molecule has 6 aromatic carbocycles. The van der Waals surface area contributed by atoms with Gasteiger partial charge in [-0.1, -0.05) is 261 Å². The summed E-state index contributed by atoms with van der Waals surface area (Å²) >= 11 is 0. The highest BCUT2D eigenvalue weighted by molar-refractivity contribution is 5.83. The van der Waals surface area contributed by atoms with Crippen LogP contribution in [-0.4, -0.2) is 50.3 Å². The van der Waals surface area contributed by atoms with Crippen molar-refractivity contribution >= 4 is 65.2 Å². The lowest BCUT2D eigenvalue weighted by atomic mass is 10.1. The molecular formula is C80H122N10. The van der Waals surface area contributed by atoms with Crippen LogP contribution in [0.1, 0.15) is 200 Å². The van der Waals surface area contributed by atoms with Crippen LogP contribution >= 0.6 is 0 Å². The molecule has 0 aliphatic rings. The molecule has 0 atom stereocenters. The molecule has 10 heteroatoms. The summed E-state index contributed by atoms with van der Waals surface area (Å²) in [4.78, 5) is 24.4. The second-order valence-corrected chi connectivity index (χ2v) is 15.8. The van der Waals surface area contributed by atoms with Crippen LogP contribution in [0.5, 0.6) is 0 Å². The van der Waals surface area contributed by atoms with E-state index in [1.807, 2.05) is 246 Å². The van der Waals surface area contributed by atoms with Gasteiger partial charge in [-0.05, 0) is 119 Å². The predicted molar refractivity (Wildman–Crippen MR) is 406 cm³/mol. The highest BCUT2D eigenvalue weighted by atomic mass is 15.1. The largest absolute Gasteiger partial charge is 0.264 e. The quantitative estimate of drug-likeness (QED) is 0.145. The van der Waals surface area contributed by atoms with Crippen LogP contribution in [0.3, 0.4) is 0 Å². The van der Waals surface area contributed by atoms with Crippen molar-refractivity contribution in [2.24, 2.45) is 0 Å². The van der Waals surface area contributed by atoms with E-state index < -0.39 is 0 Å². The first-order valence-corrected chi connectivity index (χ1v) is 33.5. The first kappa shape index (κ1) is 92.7. The number of rotatable bonds is 0. The average molecular weight is 1220 g/mol. The van der Waals surface area contributed by atoms with Gasteiger partial charge in [0.15, 0.2) is 0 Å². The van der Waals surface area contributed by atoms with Crippen molar-refractivity contribution in [3.05, 3.63) is 229 Å². The normalized spacial score (nSPS) is 8.33. The van der Waals surface area contributed by atoms with Crippen LogP contribution in [0, 0.1) is 41.5 Å². The Morgan fingerprint density at radius 1 is 0.211 bits per heavy atom. The summed E-state index contributed by atoms with van der Waals surface area (Å²) in [6.07, 6.45) is 17.6. The van der Waals surface area contributed by atoms with E-state index in [-0.39, 0.29) is 0 Å². The molecular weight excluding hydrogens is 1100 g/mol. The van der Waals surface area contributed by atoms with Gasteiger partial charge in [-0.2, -0.15) is 20.4 Å². The Morgan fingerprint density at radius 2 is 0.556 bits per heavy atom. The second kappa shape index (κ2) is 66.5. The molecule has 0 saturated carbocycles. The van der Waals surface area contributed by atoms with Gasteiger partial charge in [0, 0.05) is 68.7 Å². The molecule has 0 unspecified atom stereocenters. The number of aryl methyl sites for hydroxylation is 6. The summed E-state index contributed by atoms with van der Waals surface area (Å²) in [6, 6.07) is 45.3. The topological polar surface area (TPSA) is 129 Å². The minimum atomic E-state index is 0.957. The molecule has 6 heterocycles. The fourth-order valence-corrected chi connectivity index (χ4v) is 6.81. The molecule has 12 rings (SSSR count). The van der Waals surface area contributed by atoms with Gasteiger partial charge >= 0.3 is 0 Å². The van der Waals surface area contributed by atoms with Gasteiger partial charge in [0.1, 0.15) is 12.7 Å². The Hall–Kier alpha value is -8.50. The second-order valence-electron chi connectivity index (χ2n) is 15.8. The lowest BCUT2D eigenvalue weighted by Gasteiger charge is -1.96. The number of pyridine rings is 2. The van der Waals surface area contributed by atoms with Crippen molar-refractivity contribution in [2.45, 2.75) is 208 Å². The lowest BCUT2D eigenvalue weighted by molar-refractivity contribution is 1.05. The molecule has 0 spiro atoms.